The SMILES string of the molecule is Nn1n[c]c2ccccc21. The van der Waals surface area contributed by atoms with E-state index in [1.165, 1.54) is 4.79 Å². The first-order valence-corrected chi connectivity index (χ1v) is 2.98. The van der Waals surface area contributed by atoms with Crippen molar-refractivity contribution >= 4 is 10.9 Å². The van der Waals surface area contributed by atoms with Gasteiger partial charge in [0.25, 0.3) is 0 Å². The minimum absolute atomic E-state index is 0.905. The molecule has 0 atom stereocenters. The maximum Gasteiger partial charge on any atom is 0.123 e. The van der Waals surface area contributed by atoms with Crippen molar-refractivity contribution in [2.45, 2.75) is 0 Å². The topological polar surface area (TPSA) is 43.8 Å². The molecular weight excluding hydrogens is 126 g/mol. The molecule has 0 spiro atoms. The van der Waals surface area contributed by atoms with E-state index in [1.807, 2.05) is 24.3 Å². The van der Waals surface area contributed by atoms with E-state index < -0.39 is 0 Å². The zero-order valence-electron chi connectivity index (χ0n) is 5.28. The zero-order valence-corrected chi connectivity index (χ0v) is 5.28. The molecule has 2 rings (SSSR count). The first-order chi connectivity index (χ1) is 4.88. The van der Waals surface area contributed by atoms with Crippen LogP contribution in [-0.2, 0) is 0 Å². The van der Waals surface area contributed by atoms with E-state index in [9.17, 15) is 0 Å². The number of hydrogen-bond acceptors (Lipinski definition) is 2. The van der Waals surface area contributed by atoms with Crippen LogP contribution in [0, 0.1) is 6.20 Å². The fourth-order valence-electron chi connectivity index (χ4n) is 0.930. The number of hydrogen-bond donors (Lipinski definition) is 1. The Kier molecular flexibility index (Phi) is 0.917. The van der Waals surface area contributed by atoms with Gasteiger partial charge >= 0.3 is 0 Å². The first kappa shape index (κ1) is 5.29. The lowest BCUT2D eigenvalue weighted by molar-refractivity contribution is 0.859. The Hall–Kier alpha value is -1.51. The molecule has 0 amide bonds. The van der Waals surface area contributed by atoms with Gasteiger partial charge in [-0.25, -0.2) is 0 Å². The Morgan fingerprint density at radius 1 is 1.40 bits per heavy atom. The quantitative estimate of drug-likeness (QED) is 0.532. The lowest BCUT2D eigenvalue weighted by Gasteiger charge is -1.89. The summed E-state index contributed by atoms with van der Waals surface area (Å²) >= 11 is 0. The maximum absolute atomic E-state index is 5.45. The third kappa shape index (κ3) is 0.572. The summed E-state index contributed by atoms with van der Waals surface area (Å²) in [4.78, 5) is 1.31. The number of nitrogens with zero attached hydrogens (tertiary/aromatic N) is 2. The van der Waals surface area contributed by atoms with Crippen molar-refractivity contribution in [1.82, 2.24) is 9.89 Å². The van der Waals surface area contributed by atoms with Gasteiger partial charge in [-0.15, -0.1) is 5.10 Å². The number of nitrogens with two attached hydrogens (primary N) is 1. The Morgan fingerprint density at radius 2 is 2.20 bits per heavy atom. The zero-order chi connectivity index (χ0) is 6.97. The second-order valence-corrected chi connectivity index (χ2v) is 2.07. The molecule has 0 aliphatic rings. The molecule has 10 heavy (non-hydrogen) atoms. The summed E-state index contributed by atoms with van der Waals surface area (Å²) in [6.07, 6.45) is 2.78. The Morgan fingerprint density at radius 3 is 3.00 bits per heavy atom. The number of para-hydroxylation sites is 1. The van der Waals surface area contributed by atoms with E-state index in [1.54, 1.807) is 0 Å². The summed E-state index contributed by atoms with van der Waals surface area (Å²) < 4.78 is 0. The van der Waals surface area contributed by atoms with Gasteiger partial charge in [-0.1, -0.05) is 18.2 Å². The molecule has 0 saturated heterocycles. The van der Waals surface area contributed by atoms with Gasteiger partial charge in [-0.3, -0.25) is 0 Å². The van der Waals surface area contributed by atoms with Gasteiger partial charge in [0.15, 0.2) is 0 Å². The highest BCUT2D eigenvalue weighted by Crippen LogP contribution is 2.08. The van der Waals surface area contributed by atoms with E-state index in [4.69, 9.17) is 5.84 Å². The van der Waals surface area contributed by atoms with Gasteiger partial charge in [0.2, 0.25) is 0 Å². The summed E-state index contributed by atoms with van der Waals surface area (Å²) in [7, 11) is 0. The van der Waals surface area contributed by atoms with E-state index in [0.717, 1.165) is 10.9 Å². The van der Waals surface area contributed by atoms with Gasteiger partial charge in [-0.2, -0.15) is 4.79 Å². The summed E-state index contributed by atoms with van der Waals surface area (Å²) in [6, 6.07) is 7.67. The van der Waals surface area contributed by atoms with Crippen LogP contribution in [0.5, 0.6) is 0 Å². The molecular formula is C7H6N3. The van der Waals surface area contributed by atoms with Crippen LogP contribution in [-0.4, -0.2) is 9.89 Å². The number of rotatable bonds is 0. The van der Waals surface area contributed by atoms with Crippen LogP contribution in [0.25, 0.3) is 10.9 Å². The van der Waals surface area contributed by atoms with E-state index in [2.05, 4.69) is 11.3 Å². The molecule has 2 N–H and O–H groups in total. The molecule has 1 aromatic carbocycles. The minimum atomic E-state index is 0.905. The number of benzene rings is 1. The van der Waals surface area contributed by atoms with Crippen molar-refractivity contribution in [3.05, 3.63) is 30.5 Å². The average molecular weight is 132 g/mol. The normalized spacial score (nSPS) is 10.4. The Bertz CT molecular complexity index is 350. The number of nitrogen functional groups attached to an aromatic ring is 1. The van der Waals surface area contributed by atoms with Gasteiger partial charge in [0.1, 0.15) is 6.20 Å². The summed E-state index contributed by atoms with van der Waals surface area (Å²) in [5, 5.41) is 4.71. The fourth-order valence-corrected chi connectivity index (χ4v) is 0.930. The van der Waals surface area contributed by atoms with E-state index in [0.29, 0.717) is 0 Å². The third-order valence-corrected chi connectivity index (χ3v) is 1.43. The van der Waals surface area contributed by atoms with Crippen LogP contribution in [0.2, 0.25) is 0 Å². The van der Waals surface area contributed by atoms with Gasteiger partial charge < -0.3 is 5.84 Å². The molecule has 0 fully saturated rings. The van der Waals surface area contributed by atoms with Crippen molar-refractivity contribution in [1.29, 1.82) is 0 Å². The smallest absolute Gasteiger partial charge is 0.123 e. The van der Waals surface area contributed by atoms with Crippen molar-refractivity contribution in [2.75, 3.05) is 5.84 Å². The molecule has 0 aliphatic carbocycles. The molecule has 3 nitrogen and oxygen atoms in total. The molecule has 1 heterocycles. The first-order valence-electron chi connectivity index (χ1n) is 2.98. The lowest BCUT2D eigenvalue weighted by Crippen LogP contribution is -2.08. The lowest BCUT2D eigenvalue weighted by atomic mass is 10.3. The van der Waals surface area contributed by atoms with E-state index >= 15 is 0 Å². The molecule has 0 saturated carbocycles. The molecule has 0 bridgehead atoms. The van der Waals surface area contributed by atoms with Gasteiger partial charge in [0, 0.05) is 5.39 Å². The maximum atomic E-state index is 5.45. The van der Waals surface area contributed by atoms with Crippen LogP contribution in [0.4, 0.5) is 0 Å². The van der Waals surface area contributed by atoms with Crippen molar-refractivity contribution < 1.29 is 0 Å². The predicted molar refractivity (Wildman–Crippen MR) is 38.7 cm³/mol. The van der Waals surface area contributed by atoms with Crippen LogP contribution in [0.3, 0.4) is 0 Å². The third-order valence-electron chi connectivity index (χ3n) is 1.43. The molecule has 1 radical (unpaired) electrons. The van der Waals surface area contributed by atoms with Gasteiger partial charge in [-0.05, 0) is 6.07 Å². The Labute approximate surface area is 58.0 Å². The monoisotopic (exact) mass is 132 g/mol. The summed E-state index contributed by atoms with van der Waals surface area (Å²) in [6.45, 7) is 0. The molecule has 0 unspecified atom stereocenters. The Balaban J connectivity index is 2.93. The van der Waals surface area contributed by atoms with Crippen LogP contribution in [0.15, 0.2) is 24.3 Å². The molecule has 3 heteroatoms. The predicted octanol–water partition coefficient (Wildman–Crippen LogP) is 0.550. The molecule has 0 aliphatic heterocycles. The van der Waals surface area contributed by atoms with Crippen LogP contribution in [0.1, 0.15) is 0 Å². The largest absolute Gasteiger partial charge is 0.323 e. The summed E-state index contributed by atoms with van der Waals surface area (Å²) in [5.74, 6) is 5.45. The van der Waals surface area contributed by atoms with Crippen molar-refractivity contribution in [3.63, 3.8) is 0 Å². The highest BCUT2D eigenvalue weighted by Gasteiger charge is 1.95. The second kappa shape index (κ2) is 1.73. The number of fused-ring (bicyclic) bond motifs is 1. The highest BCUT2D eigenvalue weighted by molar-refractivity contribution is 5.77. The second-order valence-electron chi connectivity index (χ2n) is 2.07. The molecule has 1 aromatic heterocycles. The van der Waals surface area contributed by atoms with E-state index in [-0.39, 0.29) is 0 Å². The van der Waals surface area contributed by atoms with Crippen LogP contribution >= 0.6 is 0 Å². The standard InChI is InChI=1S/C7H6N3/c8-10-7-4-2-1-3-6(7)5-9-10/h1-4H,8H2. The van der Waals surface area contributed by atoms with Crippen molar-refractivity contribution in [3.8, 4) is 0 Å². The fraction of sp³-hybridized carbons (Fsp3) is 0. The van der Waals surface area contributed by atoms with Crippen molar-refractivity contribution in [2.24, 2.45) is 0 Å². The highest BCUT2D eigenvalue weighted by atomic mass is 15.5. The van der Waals surface area contributed by atoms with Gasteiger partial charge in [0.05, 0.1) is 5.52 Å². The molecule has 2 aromatic rings. The van der Waals surface area contributed by atoms with Crippen LogP contribution < -0.4 is 5.84 Å². The summed E-state index contributed by atoms with van der Waals surface area (Å²) in [5.41, 5.74) is 0.905. The molecule has 49 valence electrons. The minimum Gasteiger partial charge on any atom is -0.323 e. The number of aromatic nitrogens is 2. The average Bonchev–Trinajstić information content (AvgIpc) is 2.34.